The van der Waals surface area contributed by atoms with Gasteiger partial charge in [-0.25, -0.2) is 0 Å². The highest BCUT2D eigenvalue weighted by Gasteiger charge is 2.22. The van der Waals surface area contributed by atoms with Crippen molar-refractivity contribution in [2.24, 2.45) is 11.8 Å². The molecule has 0 saturated carbocycles. The van der Waals surface area contributed by atoms with E-state index in [2.05, 4.69) is 18.3 Å². The van der Waals surface area contributed by atoms with Gasteiger partial charge in [-0.1, -0.05) is 13.3 Å². The van der Waals surface area contributed by atoms with Gasteiger partial charge in [-0.05, 0) is 25.4 Å². The number of nitrogens with one attached hydrogen (secondary N) is 1. The molecule has 0 bridgehead atoms. The number of piperidine rings is 1. The van der Waals surface area contributed by atoms with Crippen LogP contribution in [0.2, 0.25) is 0 Å². The van der Waals surface area contributed by atoms with Gasteiger partial charge < -0.3 is 5.32 Å². The molecule has 1 aliphatic heterocycles. The molecule has 0 spiro atoms. The second kappa shape index (κ2) is 3.58. The monoisotopic (exact) mass is 138 g/mol. The lowest BCUT2D eigenvalue weighted by atomic mass is 9.86. The quantitative estimate of drug-likeness (QED) is 0.590. The predicted octanol–water partition coefficient (Wildman–Crippen LogP) is 1.15. The van der Waals surface area contributed by atoms with Crippen LogP contribution in [0.4, 0.5) is 0 Å². The maximum absolute atomic E-state index is 8.71. The molecule has 0 radical (unpaired) electrons. The van der Waals surface area contributed by atoms with Crippen molar-refractivity contribution < 1.29 is 0 Å². The summed E-state index contributed by atoms with van der Waals surface area (Å²) in [6, 6.07) is 2.36. The summed E-state index contributed by atoms with van der Waals surface area (Å²) >= 11 is 0. The molecule has 1 rings (SSSR count). The summed E-state index contributed by atoms with van der Waals surface area (Å²) in [4.78, 5) is 0. The molecule has 1 aliphatic rings. The lowest BCUT2D eigenvalue weighted by Crippen LogP contribution is -2.35. The third kappa shape index (κ3) is 1.48. The zero-order valence-electron chi connectivity index (χ0n) is 6.43. The van der Waals surface area contributed by atoms with Crippen molar-refractivity contribution in [3.63, 3.8) is 0 Å². The molecule has 2 heteroatoms. The fraction of sp³-hybridized carbons (Fsp3) is 0.875. The Hall–Kier alpha value is -0.550. The number of hydrogen-bond acceptors (Lipinski definition) is 2. The van der Waals surface area contributed by atoms with E-state index >= 15 is 0 Å². The molecule has 0 aromatic heterocycles. The van der Waals surface area contributed by atoms with Gasteiger partial charge in [-0.3, -0.25) is 0 Å². The van der Waals surface area contributed by atoms with Gasteiger partial charge in [0.25, 0.3) is 0 Å². The Balaban J connectivity index is 2.44. The SMILES string of the molecule is CC[C@@H]1CNCC[C@H]1C#N. The van der Waals surface area contributed by atoms with Crippen LogP contribution in [0.5, 0.6) is 0 Å². The van der Waals surface area contributed by atoms with E-state index in [9.17, 15) is 0 Å². The van der Waals surface area contributed by atoms with E-state index < -0.39 is 0 Å². The van der Waals surface area contributed by atoms with Crippen molar-refractivity contribution in [1.82, 2.24) is 5.32 Å². The predicted molar refractivity (Wildman–Crippen MR) is 40.4 cm³/mol. The molecular formula is C8H14N2. The molecule has 56 valence electrons. The third-order valence-electron chi connectivity index (χ3n) is 2.30. The van der Waals surface area contributed by atoms with Gasteiger partial charge in [0.15, 0.2) is 0 Å². The number of rotatable bonds is 1. The number of nitrogens with zero attached hydrogens (tertiary/aromatic N) is 1. The van der Waals surface area contributed by atoms with Crippen LogP contribution < -0.4 is 5.32 Å². The minimum Gasteiger partial charge on any atom is -0.316 e. The van der Waals surface area contributed by atoms with E-state index in [1.807, 2.05) is 0 Å². The average Bonchev–Trinajstić information content (AvgIpc) is 2.04. The van der Waals surface area contributed by atoms with Crippen LogP contribution in [-0.2, 0) is 0 Å². The molecule has 1 fully saturated rings. The fourth-order valence-corrected chi connectivity index (χ4v) is 1.52. The van der Waals surface area contributed by atoms with Crippen LogP contribution in [0.1, 0.15) is 19.8 Å². The highest BCUT2D eigenvalue weighted by molar-refractivity contribution is 4.91. The Bertz CT molecular complexity index is 137. The lowest BCUT2D eigenvalue weighted by molar-refractivity contribution is 0.301. The average molecular weight is 138 g/mol. The van der Waals surface area contributed by atoms with E-state index in [1.165, 1.54) is 0 Å². The molecule has 0 unspecified atom stereocenters. The Morgan fingerprint density at radius 1 is 1.70 bits per heavy atom. The summed E-state index contributed by atoms with van der Waals surface area (Å²) in [5.41, 5.74) is 0. The number of hydrogen-bond donors (Lipinski definition) is 1. The van der Waals surface area contributed by atoms with E-state index in [1.54, 1.807) is 0 Å². The van der Waals surface area contributed by atoms with Crippen LogP contribution in [0.15, 0.2) is 0 Å². The maximum atomic E-state index is 8.71. The molecule has 0 aromatic carbocycles. The van der Waals surface area contributed by atoms with Crippen molar-refractivity contribution in [1.29, 1.82) is 5.26 Å². The van der Waals surface area contributed by atoms with Crippen molar-refractivity contribution >= 4 is 0 Å². The highest BCUT2D eigenvalue weighted by Crippen LogP contribution is 2.20. The summed E-state index contributed by atoms with van der Waals surface area (Å²) in [5.74, 6) is 0.907. The molecule has 1 saturated heterocycles. The number of nitriles is 1. The Labute approximate surface area is 62.2 Å². The molecule has 1 N–H and O–H groups in total. The van der Waals surface area contributed by atoms with Crippen molar-refractivity contribution in [2.75, 3.05) is 13.1 Å². The first-order valence-electron chi connectivity index (χ1n) is 3.98. The van der Waals surface area contributed by atoms with E-state index in [4.69, 9.17) is 5.26 Å². The van der Waals surface area contributed by atoms with Crippen LogP contribution in [0.3, 0.4) is 0 Å². The standard InChI is InChI=1S/C8H14N2/c1-2-7-6-10-4-3-8(7)5-9/h7-8,10H,2-4,6H2,1H3/t7-,8+/m1/s1. The van der Waals surface area contributed by atoms with Crippen LogP contribution in [0, 0.1) is 23.2 Å². The first-order chi connectivity index (χ1) is 4.88. The topological polar surface area (TPSA) is 35.8 Å². The summed E-state index contributed by atoms with van der Waals surface area (Å²) in [6.07, 6.45) is 2.17. The van der Waals surface area contributed by atoms with Crippen LogP contribution in [-0.4, -0.2) is 13.1 Å². The van der Waals surface area contributed by atoms with E-state index in [0.29, 0.717) is 11.8 Å². The largest absolute Gasteiger partial charge is 0.316 e. The van der Waals surface area contributed by atoms with Gasteiger partial charge in [0, 0.05) is 0 Å². The highest BCUT2D eigenvalue weighted by atomic mass is 14.9. The lowest BCUT2D eigenvalue weighted by Gasteiger charge is -2.26. The van der Waals surface area contributed by atoms with Crippen molar-refractivity contribution in [2.45, 2.75) is 19.8 Å². The van der Waals surface area contributed by atoms with Crippen molar-refractivity contribution in [3.8, 4) is 6.07 Å². The molecule has 10 heavy (non-hydrogen) atoms. The van der Waals surface area contributed by atoms with E-state index in [-0.39, 0.29) is 0 Å². The summed E-state index contributed by atoms with van der Waals surface area (Å²) in [5, 5.41) is 12.0. The van der Waals surface area contributed by atoms with Crippen molar-refractivity contribution in [3.05, 3.63) is 0 Å². The van der Waals surface area contributed by atoms with Gasteiger partial charge in [-0.15, -0.1) is 0 Å². The summed E-state index contributed by atoms with van der Waals surface area (Å²) in [7, 11) is 0. The summed E-state index contributed by atoms with van der Waals surface area (Å²) in [6.45, 7) is 4.21. The van der Waals surface area contributed by atoms with Crippen LogP contribution in [0.25, 0.3) is 0 Å². The molecule has 2 atom stereocenters. The second-order valence-electron chi connectivity index (χ2n) is 2.90. The first kappa shape index (κ1) is 7.56. The Morgan fingerprint density at radius 3 is 3.00 bits per heavy atom. The Kier molecular flexibility index (Phi) is 2.70. The Morgan fingerprint density at radius 2 is 2.50 bits per heavy atom. The molecule has 1 heterocycles. The minimum atomic E-state index is 0.311. The minimum absolute atomic E-state index is 0.311. The zero-order chi connectivity index (χ0) is 7.40. The van der Waals surface area contributed by atoms with Gasteiger partial charge in [-0.2, -0.15) is 5.26 Å². The molecule has 0 aliphatic carbocycles. The zero-order valence-corrected chi connectivity index (χ0v) is 6.43. The first-order valence-corrected chi connectivity index (χ1v) is 3.98. The van der Waals surface area contributed by atoms with Gasteiger partial charge >= 0.3 is 0 Å². The fourth-order valence-electron chi connectivity index (χ4n) is 1.52. The molecule has 2 nitrogen and oxygen atoms in total. The molecular weight excluding hydrogens is 124 g/mol. The van der Waals surface area contributed by atoms with Gasteiger partial charge in [0.1, 0.15) is 0 Å². The summed E-state index contributed by atoms with van der Waals surface area (Å²) < 4.78 is 0. The molecule has 0 aromatic rings. The maximum Gasteiger partial charge on any atom is 0.0659 e. The van der Waals surface area contributed by atoms with Gasteiger partial charge in [0.05, 0.1) is 12.0 Å². The third-order valence-corrected chi connectivity index (χ3v) is 2.30. The molecule has 0 amide bonds. The normalized spacial score (nSPS) is 33.2. The van der Waals surface area contributed by atoms with E-state index in [0.717, 1.165) is 25.9 Å². The van der Waals surface area contributed by atoms with Gasteiger partial charge in [0.2, 0.25) is 0 Å². The van der Waals surface area contributed by atoms with Crippen LogP contribution >= 0.6 is 0 Å². The second-order valence-corrected chi connectivity index (χ2v) is 2.90. The smallest absolute Gasteiger partial charge is 0.0659 e.